The van der Waals surface area contributed by atoms with Crippen molar-refractivity contribution in [1.82, 2.24) is 15.7 Å². The van der Waals surface area contributed by atoms with E-state index in [0.29, 0.717) is 18.4 Å². The number of nitrogens with two attached hydrogens (primary N) is 1. The van der Waals surface area contributed by atoms with E-state index in [2.05, 4.69) is 20.7 Å². The van der Waals surface area contributed by atoms with Crippen molar-refractivity contribution in [2.45, 2.75) is 40.3 Å². The molecule has 0 fully saturated rings. The Labute approximate surface area is 95.3 Å². The number of hydrogen-bond donors (Lipinski definition) is 3. The maximum atomic E-state index is 5.40. The van der Waals surface area contributed by atoms with E-state index in [0.717, 1.165) is 11.5 Å². The van der Waals surface area contributed by atoms with E-state index in [1.54, 1.807) is 0 Å². The second-order valence-corrected chi connectivity index (χ2v) is 3.86. The summed E-state index contributed by atoms with van der Waals surface area (Å²) < 4.78 is 5.40. The second-order valence-electron chi connectivity index (χ2n) is 3.86. The predicted octanol–water partition coefficient (Wildman–Crippen LogP) is 0.609. The van der Waals surface area contributed by atoms with Gasteiger partial charge in [0.15, 0.2) is 0 Å². The molecule has 0 bridgehead atoms. The number of hydrazine groups is 1. The molecule has 0 aliphatic carbocycles. The quantitative estimate of drug-likeness (QED) is 0.303. The zero-order chi connectivity index (χ0) is 12.1. The van der Waals surface area contributed by atoms with Gasteiger partial charge in [-0.15, -0.1) is 0 Å². The van der Waals surface area contributed by atoms with E-state index in [9.17, 15) is 0 Å². The maximum absolute atomic E-state index is 5.40. The standard InChI is InChI=1S/C10H19N5O/c1-6(2)13-10(15-11)12-5-9-14-7(3)8(4)16-9/h6H,5,11H2,1-4H3,(H2,12,13,15). The molecule has 0 atom stereocenters. The molecule has 1 aromatic heterocycles. The van der Waals surface area contributed by atoms with Crippen LogP contribution in [0, 0.1) is 13.8 Å². The predicted molar refractivity (Wildman–Crippen MR) is 62.7 cm³/mol. The van der Waals surface area contributed by atoms with Gasteiger partial charge in [-0.1, -0.05) is 0 Å². The first-order chi connectivity index (χ1) is 7.52. The first-order valence-corrected chi connectivity index (χ1v) is 5.23. The minimum Gasteiger partial charge on any atom is -0.444 e. The zero-order valence-corrected chi connectivity index (χ0v) is 10.2. The van der Waals surface area contributed by atoms with Gasteiger partial charge in [0, 0.05) is 6.04 Å². The van der Waals surface area contributed by atoms with E-state index in [-0.39, 0.29) is 6.04 Å². The smallest absolute Gasteiger partial charge is 0.216 e. The van der Waals surface area contributed by atoms with E-state index >= 15 is 0 Å². The van der Waals surface area contributed by atoms with Crippen LogP contribution in [0.1, 0.15) is 31.2 Å². The first kappa shape index (κ1) is 12.5. The molecule has 0 aliphatic heterocycles. The molecule has 1 heterocycles. The third-order valence-corrected chi connectivity index (χ3v) is 2.01. The van der Waals surface area contributed by atoms with Crippen LogP contribution in [0.15, 0.2) is 9.41 Å². The fourth-order valence-electron chi connectivity index (χ4n) is 1.16. The van der Waals surface area contributed by atoms with Crippen LogP contribution in [0.5, 0.6) is 0 Å². The van der Waals surface area contributed by atoms with Crippen LogP contribution in [-0.2, 0) is 6.54 Å². The molecule has 0 radical (unpaired) electrons. The molecule has 0 saturated heterocycles. The summed E-state index contributed by atoms with van der Waals surface area (Å²) in [7, 11) is 0. The third-order valence-electron chi connectivity index (χ3n) is 2.01. The minimum atomic E-state index is 0.267. The molecule has 0 aromatic carbocycles. The molecule has 0 unspecified atom stereocenters. The van der Waals surface area contributed by atoms with Crippen molar-refractivity contribution < 1.29 is 4.42 Å². The Hall–Kier alpha value is -1.56. The van der Waals surface area contributed by atoms with Crippen LogP contribution in [0.4, 0.5) is 0 Å². The summed E-state index contributed by atoms with van der Waals surface area (Å²) in [4.78, 5) is 8.45. The largest absolute Gasteiger partial charge is 0.444 e. The lowest BCUT2D eigenvalue weighted by Crippen LogP contribution is -2.44. The van der Waals surface area contributed by atoms with E-state index in [4.69, 9.17) is 10.3 Å². The molecule has 6 heteroatoms. The van der Waals surface area contributed by atoms with Gasteiger partial charge in [-0.2, -0.15) is 0 Å². The molecule has 0 amide bonds. The van der Waals surface area contributed by atoms with Gasteiger partial charge in [-0.05, 0) is 27.7 Å². The average Bonchev–Trinajstić information content (AvgIpc) is 2.53. The van der Waals surface area contributed by atoms with Gasteiger partial charge in [0.1, 0.15) is 12.3 Å². The molecular formula is C10H19N5O. The Bertz CT molecular complexity index is 350. The molecule has 1 aromatic rings. The molecule has 0 aliphatic rings. The van der Waals surface area contributed by atoms with Gasteiger partial charge in [0.2, 0.25) is 11.9 Å². The van der Waals surface area contributed by atoms with Crippen LogP contribution in [-0.4, -0.2) is 17.0 Å². The second kappa shape index (κ2) is 5.50. The van der Waals surface area contributed by atoms with Crippen LogP contribution in [0.25, 0.3) is 0 Å². The normalized spacial score (nSPS) is 12.0. The number of oxazole rings is 1. The summed E-state index contributed by atoms with van der Waals surface area (Å²) in [5, 5.41) is 3.07. The fraction of sp³-hybridized carbons (Fsp3) is 0.600. The Kier molecular flexibility index (Phi) is 4.30. The van der Waals surface area contributed by atoms with E-state index < -0.39 is 0 Å². The third kappa shape index (κ3) is 3.54. The van der Waals surface area contributed by atoms with Crippen LogP contribution in [0.2, 0.25) is 0 Å². The number of guanidine groups is 1. The van der Waals surface area contributed by atoms with Gasteiger partial charge < -0.3 is 9.73 Å². The molecule has 0 spiro atoms. The molecule has 16 heavy (non-hydrogen) atoms. The summed E-state index contributed by atoms with van der Waals surface area (Å²) in [6.07, 6.45) is 0. The van der Waals surface area contributed by atoms with Crippen molar-refractivity contribution in [1.29, 1.82) is 0 Å². The number of nitrogens with one attached hydrogen (secondary N) is 2. The molecule has 6 nitrogen and oxygen atoms in total. The SMILES string of the molecule is Cc1nc(CN=C(NN)NC(C)C)oc1C. The van der Waals surface area contributed by atoms with Gasteiger partial charge >= 0.3 is 0 Å². The van der Waals surface area contributed by atoms with Gasteiger partial charge in [-0.3, -0.25) is 5.43 Å². The van der Waals surface area contributed by atoms with Crippen molar-refractivity contribution in [3.05, 3.63) is 17.3 Å². The van der Waals surface area contributed by atoms with Crippen molar-refractivity contribution in [2.24, 2.45) is 10.8 Å². The lowest BCUT2D eigenvalue weighted by atomic mass is 10.4. The zero-order valence-electron chi connectivity index (χ0n) is 10.2. The Morgan fingerprint density at radius 3 is 2.62 bits per heavy atom. The maximum Gasteiger partial charge on any atom is 0.216 e. The van der Waals surface area contributed by atoms with Crippen molar-refractivity contribution in [2.75, 3.05) is 0 Å². The Balaban J connectivity index is 2.62. The molecule has 4 N–H and O–H groups in total. The van der Waals surface area contributed by atoms with Crippen molar-refractivity contribution >= 4 is 5.96 Å². The lowest BCUT2D eigenvalue weighted by molar-refractivity contribution is 0.472. The summed E-state index contributed by atoms with van der Waals surface area (Å²) in [5.41, 5.74) is 3.39. The monoisotopic (exact) mass is 225 g/mol. The molecule has 1 rings (SSSR count). The summed E-state index contributed by atoms with van der Waals surface area (Å²) in [5.74, 6) is 7.27. The van der Waals surface area contributed by atoms with Gasteiger partial charge in [0.25, 0.3) is 0 Å². The fourth-order valence-corrected chi connectivity index (χ4v) is 1.16. The van der Waals surface area contributed by atoms with Crippen molar-refractivity contribution in [3.63, 3.8) is 0 Å². The number of aryl methyl sites for hydroxylation is 2. The Morgan fingerprint density at radius 2 is 2.19 bits per heavy atom. The van der Waals surface area contributed by atoms with Gasteiger partial charge in [-0.25, -0.2) is 15.8 Å². The average molecular weight is 225 g/mol. The van der Waals surface area contributed by atoms with Crippen LogP contribution >= 0.6 is 0 Å². The highest BCUT2D eigenvalue weighted by Crippen LogP contribution is 2.08. The molecular weight excluding hydrogens is 206 g/mol. The highest BCUT2D eigenvalue weighted by Gasteiger charge is 2.05. The number of aliphatic imine (C=N–C) groups is 1. The first-order valence-electron chi connectivity index (χ1n) is 5.23. The topological polar surface area (TPSA) is 88.5 Å². The lowest BCUT2D eigenvalue weighted by Gasteiger charge is -2.11. The number of rotatable bonds is 3. The van der Waals surface area contributed by atoms with Gasteiger partial charge in [0.05, 0.1) is 5.69 Å². The number of aromatic nitrogens is 1. The molecule has 0 saturated carbocycles. The van der Waals surface area contributed by atoms with Crippen LogP contribution in [0.3, 0.4) is 0 Å². The van der Waals surface area contributed by atoms with E-state index in [1.807, 2.05) is 27.7 Å². The van der Waals surface area contributed by atoms with Crippen LogP contribution < -0.4 is 16.6 Å². The highest BCUT2D eigenvalue weighted by molar-refractivity contribution is 5.79. The molecule has 90 valence electrons. The van der Waals surface area contributed by atoms with Crippen molar-refractivity contribution in [3.8, 4) is 0 Å². The van der Waals surface area contributed by atoms with E-state index in [1.165, 1.54) is 0 Å². The summed E-state index contributed by atoms with van der Waals surface area (Å²) in [6, 6.07) is 0.267. The highest BCUT2D eigenvalue weighted by atomic mass is 16.4. The summed E-state index contributed by atoms with van der Waals surface area (Å²) in [6.45, 7) is 8.16. The number of hydrogen-bond acceptors (Lipinski definition) is 4. The summed E-state index contributed by atoms with van der Waals surface area (Å²) >= 11 is 0. The Morgan fingerprint density at radius 1 is 1.50 bits per heavy atom. The minimum absolute atomic E-state index is 0.267. The number of nitrogens with zero attached hydrogens (tertiary/aromatic N) is 2.